The molecule has 0 atom stereocenters. The maximum Gasteiger partial charge on any atom is 0.269 e. The number of carbonyl (C=O) groups excluding carboxylic acids is 1. The first-order valence-electron chi connectivity index (χ1n) is 7.29. The summed E-state index contributed by atoms with van der Waals surface area (Å²) in [5.74, 6) is 0.913. The molecule has 22 heavy (non-hydrogen) atoms. The quantitative estimate of drug-likeness (QED) is 0.905. The van der Waals surface area contributed by atoms with Crippen molar-refractivity contribution < 1.29 is 4.79 Å². The van der Waals surface area contributed by atoms with Gasteiger partial charge in [0.05, 0.1) is 4.47 Å². The molecule has 0 aliphatic carbocycles. The average molecular weight is 364 g/mol. The van der Waals surface area contributed by atoms with Crippen LogP contribution in [-0.4, -0.2) is 39.8 Å². The highest BCUT2D eigenvalue weighted by Crippen LogP contribution is 2.25. The topological polar surface area (TPSA) is 63.1 Å². The van der Waals surface area contributed by atoms with Crippen molar-refractivity contribution in [1.82, 2.24) is 20.1 Å². The molecule has 0 spiro atoms. The highest BCUT2D eigenvalue weighted by atomic mass is 79.9. The van der Waals surface area contributed by atoms with Crippen molar-refractivity contribution in [3.63, 3.8) is 0 Å². The number of aromatic nitrogens is 3. The number of halogens is 1. The molecule has 7 heteroatoms. The third-order valence-corrected chi connectivity index (χ3v) is 4.54. The Balaban J connectivity index is 1.57. The highest BCUT2D eigenvalue weighted by molar-refractivity contribution is 9.10. The molecule has 6 nitrogen and oxygen atoms in total. The summed E-state index contributed by atoms with van der Waals surface area (Å²) in [6.07, 6.45) is 5.26. The van der Waals surface area contributed by atoms with Gasteiger partial charge in [0.1, 0.15) is 11.5 Å². The largest absolute Gasteiger partial charge is 0.356 e. The van der Waals surface area contributed by atoms with Gasteiger partial charge in [0.2, 0.25) is 0 Å². The van der Waals surface area contributed by atoms with E-state index >= 15 is 0 Å². The number of piperidine rings is 1. The van der Waals surface area contributed by atoms with Gasteiger partial charge in [0, 0.05) is 38.6 Å². The van der Waals surface area contributed by atoms with Gasteiger partial charge in [-0.3, -0.25) is 9.48 Å². The zero-order chi connectivity index (χ0) is 15.5. The number of amides is 1. The summed E-state index contributed by atoms with van der Waals surface area (Å²) < 4.78 is 2.60. The van der Waals surface area contributed by atoms with E-state index in [1.807, 2.05) is 12.1 Å². The van der Waals surface area contributed by atoms with Crippen LogP contribution in [0.1, 0.15) is 23.3 Å². The van der Waals surface area contributed by atoms with Crippen LogP contribution in [0.5, 0.6) is 0 Å². The standard InChI is InChI=1S/C15H18BrN5O/c1-20-13(4-8-18-20)15(22)19-11-5-9-21(10-6-11)14-12(16)3-2-7-17-14/h2-4,7-8,11H,5-6,9-10H2,1H3,(H,19,22). The van der Waals surface area contributed by atoms with Crippen LogP contribution < -0.4 is 10.2 Å². The minimum absolute atomic E-state index is 0.0579. The Labute approximate surface area is 137 Å². The fourth-order valence-electron chi connectivity index (χ4n) is 2.70. The summed E-state index contributed by atoms with van der Waals surface area (Å²) in [5.41, 5.74) is 0.593. The molecule has 0 bridgehead atoms. The summed E-state index contributed by atoms with van der Waals surface area (Å²) >= 11 is 3.54. The molecule has 0 unspecified atom stereocenters. The van der Waals surface area contributed by atoms with E-state index in [0.29, 0.717) is 5.69 Å². The van der Waals surface area contributed by atoms with Crippen LogP contribution in [0.4, 0.5) is 5.82 Å². The van der Waals surface area contributed by atoms with Crippen molar-refractivity contribution in [1.29, 1.82) is 0 Å². The molecule has 1 N–H and O–H groups in total. The molecule has 1 aliphatic heterocycles. The molecule has 1 aliphatic rings. The first-order valence-corrected chi connectivity index (χ1v) is 8.09. The fraction of sp³-hybridized carbons (Fsp3) is 0.400. The van der Waals surface area contributed by atoms with E-state index in [1.54, 1.807) is 30.2 Å². The maximum atomic E-state index is 12.2. The molecule has 3 heterocycles. The molecule has 116 valence electrons. The van der Waals surface area contributed by atoms with E-state index in [0.717, 1.165) is 36.2 Å². The van der Waals surface area contributed by atoms with E-state index in [2.05, 4.69) is 36.2 Å². The van der Waals surface area contributed by atoms with Crippen LogP contribution in [0.2, 0.25) is 0 Å². The number of anilines is 1. The first kappa shape index (κ1) is 15.0. The summed E-state index contributed by atoms with van der Waals surface area (Å²) in [6, 6.07) is 5.84. The molecular weight excluding hydrogens is 346 g/mol. The summed E-state index contributed by atoms with van der Waals surface area (Å²) in [4.78, 5) is 18.9. The third-order valence-electron chi connectivity index (χ3n) is 3.92. The molecule has 1 fully saturated rings. The zero-order valence-electron chi connectivity index (χ0n) is 12.4. The lowest BCUT2D eigenvalue weighted by atomic mass is 10.0. The Bertz CT molecular complexity index is 663. The normalized spacial score (nSPS) is 15.8. The number of nitrogens with one attached hydrogen (secondary N) is 1. The molecule has 2 aromatic rings. The average Bonchev–Trinajstić information content (AvgIpc) is 2.95. The fourth-order valence-corrected chi connectivity index (χ4v) is 3.21. The van der Waals surface area contributed by atoms with Crippen LogP contribution in [-0.2, 0) is 7.05 Å². The second-order valence-electron chi connectivity index (χ2n) is 5.38. The molecule has 3 rings (SSSR count). The number of rotatable bonds is 3. The number of pyridine rings is 1. The first-order chi connectivity index (χ1) is 10.6. The lowest BCUT2D eigenvalue weighted by molar-refractivity contribution is 0.0921. The molecule has 2 aromatic heterocycles. The van der Waals surface area contributed by atoms with Gasteiger partial charge in [-0.2, -0.15) is 5.10 Å². The molecule has 0 aromatic carbocycles. The Morgan fingerprint density at radius 3 is 2.73 bits per heavy atom. The minimum atomic E-state index is -0.0579. The number of carbonyl (C=O) groups is 1. The van der Waals surface area contributed by atoms with Crippen molar-refractivity contribution in [3.8, 4) is 0 Å². The maximum absolute atomic E-state index is 12.2. The van der Waals surface area contributed by atoms with Crippen LogP contribution >= 0.6 is 15.9 Å². The van der Waals surface area contributed by atoms with Crippen LogP contribution in [0.3, 0.4) is 0 Å². The van der Waals surface area contributed by atoms with Gasteiger partial charge in [0.15, 0.2) is 0 Å². The second-order valence-corrected chi connectivity index (χ2v) is 6.24. The van der Waals surface area contributed by atoms with E-state index < -0.39 is 0 Å². The smallest absolute Gasteiger partial charge is 0.269 e. The second kappa shape index (κ2) is 6.48. The number of hydrogen-bond acceptors (Lipinski definition) is 4. The summed E-state index contributed by atoms with van der Waals surface area (Å²) in [7, 11) is 1.77. The summed E-state index contributed by atoms with van der Waals surface area (Å²) in [6.45, 7) is 1.76. The predicted molar refractivity (Wildman–Crippen MR) is 87.8 cm³/mol. The van der Waals surface area contributed by atoms with E-state index in [4.69, 9.17) is 0 Å². The van der Waals surface area contributed by atoms with Crippen LogP contribution in [0.25, 0.3) is 0 Å². The van der Waals surface area contributed by atoms with Crippen molar-refractivity contribution in [2.45, 2.75) is 18.9 Å². The number of hydrogen-bond donors (Lipinski definition) is 1. The summed E-state index contributed by atoms with van der Waals surface area (Å²) in [5, 5.41) is 7.12. The van der Waals surface area contributed by atoms with Gasteiger partial charge in [0.25, 0.3) is 5.91 Å². The van der Waals surface area contributed by atoms with Gasteiger partial charge in [-0.1, -0.05) is 0 Å². The lowest BCUT2D eigenvalue weighted by Crippen LogP contribution is -2.45. The number of aryl methyl sites for hydroxylation is 1. The zero-order valence-corrected chi connectivity index (χ0v) is 14.0. The molecular formula is C15H18BrN5O. The predicted octanol–water partition coefficient (Wildman–Crippen LogP) is 1.98. The minimum Gasteiger partial charge on any atom is -0.356 e. The van der Waals surface area contributed by atoms with Crippen molar-refractivity contribution >= 4 is 27.7 Å². The van der Waals surface area contributed by atoms with Crippen LogP contribution in [0, 0.1) is 0 Å². The third kappa shape index (κ3) is 3.14. The molecule has 1 saturated heterocycles. The SMILES string of the molecule is Cn1nccc1C(=O)NC1CCN(c2ncccc2Br)CC1. The van der Waals surface area contributed by atoms with E-state index in [-0.39, 0.29) is 11.9 Å². The lowest BCUT2D eigenvalue weighted by Gasteiger charge is -2.33. The van der Waals surface area contributed by atoms with E-state index in [9.17, 15) is 4.79 Å². The Hall–Kier alpha value is -1.89. The van der Waals surface area contributed by atoms with Gasteiger partial charge in [-0.25, -0.2) is 4.98 Å². The van der Waals surface area contributed by atoms with Crippen molar-refractivity contribution in [2.24, 2.45) is 7.05 Å². The van der Waals surface area contributed by atoms with Crippen molar-refractivity contribution in [3.05, 3.63) is 40.8 Å². The van der Waals surface area contributed by atoms with Gasteiger partial charge < -0.3 is 10.2 Å². The van der Waals surface area contributed by atoms with Gasteiger partial charge in [-0.15, -0.1) is 0 Å². The van der Waals surface area contributed by atoms with Gasteiger partial charge in [-0.05, 0) is 47.0 Å². The van der Waals surface area contributed by atoms with E-state index in [1.165, 1.54) is 0 Å². The Kier molecular flexibility index (Phi) is 4.42. The monoisotopic (exact) mass is 363 g/mol. The van der Waals surface area contributed by atoms with Crippen molar-refractivity contribution in [2.75, 3.05) is 18.0 Å². The molecule has 0 radical (unpaired) electrons. The van der Waals surface area contributed by atoms with Crippen LogP contribution in [0.15, 0.2) is 35.1 Å². The van der Waals surface area contributed by atoms with Gasteiger partial charge >= 0.3 is 0 Å². The Morgan fingerprint density at radius 1 is 1.32 bits per heavy atom. The number of nitrogens with zero attached hydrogens (tertiary/aromatic N) is 4. The molecule has 1 amide bonds. The highest BCUT2D eigenvalue weighted by Gasteiger charge is 2.23. The Morgan fingerprint density at radius 2 is 2.09 bits per heavy atom. The molecule has 0 saturated carbocycles.